The molecule has 1 amide bonds. The van der Waals surface area contributed by atoms with Gasteiger partial charge in [-0.05, 0) is 51.6 Å². The van der Waals surface area contributed by atoms with Crippen molar-refractivity contribution >= 4 is 40.2 Å². The minimum absolute atomic E-state index is 0.00972. The molecule has 2 aliphatic rings. The van der Waals surface area contributed by atoms with Gasteiger partial charge in [0.25, 0.3) is 5.91 Å². The molecule has 1 atom stereocenters. The molecule has 0 bridgehead atoms. The Bertz CT molecular complexity index is 1730. The molecule has 2 N–H and O–H groups in total. The second-order valence-electron chi connectivity index (χ2n) is 11.4. The van der Waals surface area contributed by atoms with Gasteiger partial charge >= 0.3 is 0 Å². The summed E-state index contributed by atoms with van der Waals surface area (Å²) in [4.78, 5) is 30.0. The zero-order valence-corrected chi connectivity index (χ0v) is 25.0. The second-order valence-corrected chi connectivity index (χ2v) is 11.8. The van der Waals surface area contributed by atoms with Crippen LogP contribution in [0.25, 0.3) is 22.3 Å². The summed E-state index contributed by atoms with van der Waals surface area (Å²) in [7, 11) is 0. The lowest BCUT2D eigenvalue weighted by atomic mass is 10.1. The van der Waals surface area contributed by atoms with Crippen LogP contribution in [-0.4, -0.2) is 79.7 Å². The Morgan fingerprint density at radius 2 is 1.91 bits per heavy atom. The fourth-order valence-corrected chi connectivity index (χ4v) is 5.81. The largest absolute Gasteiger partial charge is 0.488 e. The van der Waals surface area contributed by atoms with Crippen molar-refractivity contribution in [3.05, 3.63) is 58.5 Å². The van der Waals surface area contributed by atoms with E-state index in [0.717, 1.165) is 19.6 Å². The van der Waals surface area contributed by atoms with E-state index in [-0.39, 0.29) is 51.9 Å². The van der Waals surface area contributed by atoms with Crippen molar-refractivity contribution in [1.29, 1.82) is 0 Å². The van der Waals surface area contributed by atoms with E-state index < -0.39 is 17.2 Å². The molecule has 0 unspecified atom stereocenters. The summed E-state index contributed by atoms with van der Waals surface area (Å²) in [6.45, 7) is 10.9. The quantitative estimate of drug-likeness (QED) is 0.309. The van der Waals surface area contributed by atoms with Gasteiger partial charge in [0.05, 0.1) is 28.5 Å². The van der Waals surface area contributed by atoms with Gasteiger partial charge in [0.15, 0.2) is 11.6 Å². The highest BCUT2D eigenvalue weighted by Gasteiger charge is 2.34. The smallest absolute Gasteiger partial charge is 0.256 e. The summed E-state index contributed by atoms with van der Waals surface area (Å²) in [5.41, 5.74) is -0.0653. The van der Waals surface area contributed by atoms with Crippen LogP contribution in [0.1, 0.15) is 49.9 Å². The minimum atomic E-state index is -1.32. The Kier molecular flexibility index (Phi) is 7.47. The number of aliphatic hydroxyl groups is 1. The van der Waals surface area contributed by atoms with E-state index in [1.54, 1.807) is 29.4 Å². The highest BCUT2D eigenvalue weighted by atomic mass is 35.5. The number of hydrogen-bond donors (Lipinski definition) is 2. The highest BCUT2D eigenvalue weighted by Crippen LogP contribution is 2.45. The molecule has 2 aliphatic heterocycles. The number of imidazole rings is 1. The van der Waals surface area contributed by atoms with Crippen LogP contribution in [0.4, 0.5) is 20.4 Å². The monoisotopic (exact) mass is 611 g/mol. The number of amides is 1. The molecule has 0 aliphatic carbocycles. The lowest BCUT2D eigenvalue weighted by molar-refractivity contribution is 0.0614. The van der Waals surface area contributed by atoms with Gasteiger partial charge in [0.2, 0.25) is 5.95 Å². The van der Waals surface area contributed by atoms with Gasteiger partial charge < -0.3 is 29.5 Å². The number of nitrogens with one attached hydrogen (secondary N) is 1. The van der Waals surface area contributed by atoms with Crippen LogP contribution < -0.4 is 10.1 Å². The van der Waals surface area contributed by atoms with E-state index in [1.165, 1.54) is 24.4 Å². The van der Waals surface area contributed by atoms with Crippen molar-refractivity contribution in [2.75, 3.05) is 44.6 Å². The summed E-state index contributed by atoms with van der Waals surface area (Å²) in [6, 6.07) is 5.26. The van der Waals surface area contributed by atoms with E-state index in [0.29, 0.717) is 35.9 Å². The molecular formula is C30H32ClF2N7O3. The number of likely N-dealkylation sites (N-methyl/N-ethyl adjacent to an activating group) is 1. The van der Waals surface area contributed by atoms with Crippen LogP contribution in [0.15, 0.2) is 30.5 Å². The second kappa shape index (κ2) is 11.0. The normalized spacial score (nSPS) is 17.3. The van der Waals surface area contributed by atoms with Crippen molar-refractivity contribution in [2.45, 2.75) is 39.3 Å². The summed E-state index contributed by atoms with van der Waals surface area (Å²) < 4.78 is 38.5. The first-order chi connectivity index (χ1) is 20.5. The maximum Gasteiger partial charge on any atom is 0.256 e. The number of rotatable bonds is 6. The number of carbonyl (C=O) groups is 1. The number of nitrogens with zero attached hydrogens (tertiary/aromatic N) is 6. The summed E-state index contributed by atoms with van der Waals surface area (Å²) in [6.07, 6.45) is 1.36. The summed E-state index contributed by atoms with van der Waals surface area (Å²) >= 11 is 6.51. The fraction of sp³-hybridized carbons (Fsp3) is 0.400. The number of hydrogen-bond acceptors (Lipinski definition) is 8. The van der Waals surface area contributed by atoms with Gasteiger partial charge in [-0.1, -0.05) is 18.5 Å². The molecule has 2 aromatic heterocycles. The van der Waals surface area contributed by atoms with Crippen molar-refractivity contribution in [3.8, 4) is 17.0 Å². The molecule has 4 aromatic rings. The van der Waals surface area contributed by atoms with Gasteiger partial charge in [0, 0.05) is 37.4 Å². The highest BCUT2D eigenvalue weighted by molar-refractivity contribution is 6.33. The Morgan fingerprint density at radius 1 is 1.16 bits per heavy atom. The average molecular weight is 612 g/mol. The van der Waals surface area contributed by atoms with E-state index >= 15 is 8.78 Å². The summed E-state index contributed by atoms with van der Waals surface area (Å²) in [5.74, 6) is -0.916. The van der Waals surface area contributed by atoms with Crippen LogP contribution >= 0.6 is 11.6 Å². The molecule has 10 nitrogen and oxygen atoms in total. The lowest BCUT2D eigenvalue weighted by Crippen LogP contribution is -2.48. The maximum atomic E-state index is 15.5. The molecule has 2 aromatic carbocycles. The Morgan fingerprint density at radius 3 is 2.58 bits per heavy atom. The van der Waals surface area contributed by atoms with Gasteiger partial charge in [-0.25, -0.2) is 23.7 Å². The SMILES string of the molecule is CCN1CCN(C(=O)c2ccc(Nc3ncc(Cl)c(-c4cc(F)c5nc(C(C)(C)O)n6c5c4OC[C@@H]6C)n3)cc2F)CC1. The number of aromatic nitrogens is 4. The number of ether oxygens (including phenoxy) is 1. The minimum Gasteiger partial charge on any atom is -0.488 e. The van der Waals surface area contributed by atoms with Crippen molar-refractivity contribution in [2.24, 2.45) is 0 Å². The fourth-order valence-electron chi connectivity index (χ4n) is 5.61. The molecule has 0 radical (unpaired) electrons. The third kappa shape index (κ3) is 5.28. The van der Waals surface area contributed by atoms with Gasteiger partial charge in [-0.2, -0.15) is 0 Å². The standard InChI is InChI=1S/C30H32ClF2N7O3/c1-5-38-8-10-39(11-9-38)27(41)18-7-6-17(12-21(18)32)35-29-34-14-20(31)23(37-29)19-13-22(33)24-25-26(19)43-15-16(2)40(25)28(36-24)30(3,4)42/h6-7,12-14,16,42H,5,8-11,15H2,1-4H3,(H,34,35,37)/t16-/m0/s1. The third-order valence-corrected chi connectivity index (χ3v) is 8.16. The lowest BCUT2D eigenvalue weighted by Gasteiger charge is -2.34. The van der Waals surface area contributed by atoms with Gasteiger partial charge in [-0.15, -0.1) is 0 Å². The molecule has 13 heteroatoms. The van der Waals surface area contributed by atoms with E-state index in [2.05, 4.69) is 32.1 Å². The van der Waals surface area contributed by atoms with E-state index in [9.17, 15) is 9.90 Å². The number of carbonyl (C=O) groups excluding carboxylic acids is 1. The van der Waals surface area contributed by atoms with Crippen LogP contribution in [0.2, 0.25) is 5.02 Å². The molecule has 43 heavy (non-hydrogen) atoms. The van der Waals surface area contributed by atoms with Crippen molar-refractivity contribution in [1.82, 2.24) is 29.3 Å². The molecule has 1 fully saturated rings. The number of piperazine rings is 1. The Hall–Kier alpha value is -3.87. The predicted octanol–water partition coefficient (Wildman–Crippen LogP) is 5.13. The molecule has 6 rings (SSSR count). The Labute approximate surface area is 252 Å². The first kappa shape index (κ1) is 29.2. The zero-order valence-electron chi connectivity index (χ0n) is 24.3. The topological polar surface area (TPSA) is 109 Å². The average Bonchev–Trinajstić information content (AvgIpc) is 3.40. The number of anilines is 2. The predicted molar refractivity (Wildman–Crippen MR) is 159 cm³/mol. The molecule has 0 saturated carbocycles. The maximum absolute atomic E-state index is 15.5. The van der Waals surface area contributed by atoms with Crippen LogP contribution in [-0.2, 0) is 5.60 Å². The molecule has 1 saturated heterocycles. The number of benzene rings is 2. The molecule has 4 heterocycles. The number of halogens is 3. The van der Waals surface area contributed by atoms with E-state index in [4.69, 9.17) is 16.3 Å². The van der Waals surface area contributed by atoms with Crippen molar-refractivity contribution in [3.63, 3.8) is 0 Å². The van der Waals surface area contributed by atoms with Crippen LogP contribution in [0, 0.1) is 11.6 Å². The van der Waals surface area contributed by atoms with Crippen molar-refractivity contribution < 1.29 is 23.4 Å². The van der Waals surface area contributed by atoms with E-state index in [1.807, 2.05) is 6.92 Å². The van der Waals surface area contributed by atoms with Crippen LogP contribution in [0.3, 0.4) is 0 Å². The summed E-state index contributed by atoms with van der Waals surface area (Å²) in [5, 5.41) is 13.8. The van der Waals surface area contributed by atoms with Gasteiger partial charge in [0.1, 0.15) is 34.9 Å². The van der Waals surface area contributed by atoms with Crippen LogP contribution in [0.5, 0.6) is 5.75 Å². The van der Waals surface area contributed by atoms with Gasteiger partial charge in [-0.3, -0.25) is 4.79 Å². The third-order valence-electron chi connectivity index (χ3n) is 7.89. The molecular weight excluding hydrogens is 580 g/mol. The molecule has 0 spiro atoms. The zero-order chi connectivity index (χ0) is 30.6. The first-order valence-corrected chi connectivity index (χ1v) is 14.5. The molecule has 226 valence electrons. The first-order valence-electron chi connectivity index (χ1n) is 14.2. The Balaban J connectivity index is 1.32.